The molecule has 2 aliphatic heterocycles. The molecular weight excluding hydrogens is 361 g/mol. The molecule has 1 saturated heterocycles. The van der Waals surface area contributed by atoms with Gasteiger partial charge in [-0.3, -0.25) is 9.79 Å². The summed E-state index contributed by atoms with van der Waals surface area (Å²) in [6, 6.07) is 4.97. The van der Waals surface area contributed by atoms with Crippen LogP contribution in [0.3, 0.4) is 0 Å². The van der Waals surface area contributed by atoms with Crippen LogP contribution in [0.25, 0.3) is 0 Å². The largest absolute Gasteiger partial charge is 0.416 e. The number of carbonyl (C=O) groups is 1. The minimum Gasteiger partial charge on any atom is -0.389 e. The standard InChI is InChI=1S/C18H21F3N4O2/c19-18(20,21)13-1-3-14(4-2-13)25-9-6-17(27,7-10-25)11-16(26)24-15-5-8-22-12-23-15/h1-5,8,23,27H,6-7,9-12H2,(H,24,26). The number of benzene rings is 1. The van der Waals surface area contributed by atoms with Crippen molar-refractivity contribution in [1.82, 2.24) is 10.6 Å². The first-order valence-corrected chi connectivity index (χ1v) is 8.64. The molecule has 0 unspecified atom stereocenters. The van der Waals surface area contributed by atoms with Crippen molar-refractivity contribution >= 4 is 17.8 Å². The number of hydrogen-bond acceptors (Lipinski definition) is 5. The zero-order chi connectivity index (χ0) is 19.5. The second kappa shape index (κ2) is 7.59. The van der Waals surface area contributed by atoms with E-state index in [1.165, 1.54) is 12.1 Å². The normalized spacial score (nSPS) is 19.3. The number of amides is 1. The Labute approximate surface area is 154 Å². The van der Waals surface area contributed by atoms with Crippen molar-refractivity contribution in [3.63, 3.8) is 0 Å². The maximum Gasteiger partial charge on any atom is 0.416 e. The van der Waals surface area contributed by atoms with E-state index < -0.39 is 17.3 Å². The van der Waals surface area contributed by atoms with Crippen LogP contribution in [-0.4, -0.2) is 42.6 Å². The first-order valence-electron chi connectivity index (χ1n) is 8.64. The minimum absolute atomic E-state index is 0.0377. The summed E-state index contributed by atoms with van der Waals surface area (Å²) >= 11 is 0. The molecule has 0 bridgehead atoms. The van der Waals surface area contributed by atoms with Crippen LogP contribution in [0.5, 0.6) is 0 Å². The maximum absolute atomic E-state index is 12.7. The van der Waals surface area contributed by atoms with Crippen LogP contribution < -0.4 is 15.5 Å². The van der Waals surface area contributed by atoms with Crippen molar-refractivity contribution in [1.29, 1.82) is 0 Å². The summed E-state index contributed by atoms with van der Waals surface area (Å²) < 4.78 is 38.0. The van der Waals surface area contributed by atoms with Crippen molar-refractivity contribution < 1.29 is 23.1 Å². The van der Waals surface area contributed by atoms with Crippen LogP contribution in [0.15, 0.2) is 41.2 Å². The SMILES string of the molecule is O=C(CC1(O)CCN(c2ccc(C(F)(F)F)cc2)CC1)NC1=CC=NCN1. The summed E-state index contributed by atoms with van der Waals surface area (Å²) in [6.45, 7) is 1.31. The van der Waals surface area contributed by atoms with E-state index in [1.807, 2.05) is 4.90 Å². The van der Waals surface area contributed by atoms with Crippen molar-refractivity contribution in [2.24, 2.45) is 4.99 Å². The molecular formula is C18H21F3N4O2. The molecule has 6 nitrogen and oxygen atoms in total. The number of nitrogens with one attached hydrogen (secondary N) is 2. The molecule has 0 atom stereocenters. The average Bonchev–Trinajstić information content (AvgIpc) is 2.62. The molecule has 9 heteroatoms. The van der Waals surface area contributed by atoms with Gasteiger partial charge in [0, 0.05) is 25.0 Å². The van der Waals surface area contributed by atoms with Crippen LogP contribution in [0, 0.1) is 0 Å². The van der Waals surface area contributed by atoms with Gasteiger partial charge >= 0.3 is 6.18 Å². The van der Waals surface area contributed by atoms with Crippen LogP contribution in [0.2, 0.25) is 0 Å². The highest BCUT2D eigenvalue weighted by Crippen LogP contribution is 2.32. The number of nitrogens with zero attached hydrogens (tertiary/aromatic N) is 2. The Balaban J connectivity index is 1.53. The number of allylic oxidation sites excluding steroid dienone is 1. The molecule has 2 heterocycles. The lowest BCUT2D eigenvalue weighted by atomic mass is 9.87. The van der Waals surface area contributed by atoms with Gasteiger partial charge in [0.2, 0.25) is 5.91 Å². The van der Waals surface area contributed by atoms with Gasteiger partial charge in [0.05, 0.1) is 17.6 Å². The Morgan fingerprint density at radius 2 is 1.93 bits per heavy atom. The third kappa shape index (κ3) is 5.00. The van der Waals surface area contributed by atoms with Crippen molar-refractivity contribution in [2.45, 2.75) is 31.0 Å². The quantitative estimate of drug-likeness (QED) is 0.745. The van der Waals surface area contributed by atoms with Crippen molar-refractivity contribution in [3.05, 3.63) is 41.7 Å². The first kappa shape index (κ1) is 19.2. The molecule has 3 N–H and O–H groups in total. The average molecular weight is 382 g/mol. The molecule has 2 aliphatic rings. The van der Waals surface area contributed by atoms with E-state index in [-0.39, 0.29) is 12.3 Å². The highest BCUT2D eigenvalue weighted by atomic mass is 19.4. The topological polar surface area (TPSA) is 77.0 Å². The monoisotopic (exact) mass is 382 g/mol. The van der Waals surface area contributed by atoms with E-state index in [4.69, 9.17) is 0 Å². The van der Waals surface area contributed by atoms with Gasteiger partial charge in [0.25, 0.3) is 0 Å². The lowest BCUT2D eigenvalue weighted by Crippen LogP contribution is -2.47. The molecule has 1 fully saturated rings. The fourth-order valence-electron chi connectivity index (χ4n) is 3.17. The number of alkyl halides is 3. The predicted molar refractivity (Wildman–Crippen MR) is 95.2 cm³/mol. The number of halogens is 3. The van der Waals surface area contributed by atoms with Crippen LogP contribution >= 0.6 is 0 Å². The number of anilines is 1. The number of aliphatic imine (C=N–C) groups is 1. The Kier molecular flexibility index (Phi) is 5.41. The molecule has 0 aromatic heterocycles. The van der Waals surface area contributed by atoms with Crippen LogP contribution in [0.1, 0.15) is 24.8 Å². The van der Waals surface area contributed by atoms with E-state index in [2.05, 4.69) is 15.6 Å². The summed E-state index contributed by atoms with van der Waals surface area (Å²) in [5.74, 6) is 0.246. The van der Waals surface area contributed by atoms with Gasteiger partial charge in [-0.2, -0.15) is 13.2 Å². The number of hydrogen-bond donors (Lipinski definition) is 3. The predicted octanol–water partition coefficient (Wildman–Crippen LogP) is 2.02. The van der Waals surface area contributed by atoms with Gasteiger partial charge in [-0.1, -0.05) is 0 Å². The van der Waals surface area contributed by atoms with E-state index in [1.54, 1.807) is 12.3 Å². The highest BCUT2D eigenvalue weighted by Gasteiger charge is 2.35. The fourth-order valence-corrected chi connectivity index (χ4v) is 3.17. The second-order valence-corrected chi connectivity index (χ2v) is 6.73. The van der Waals surface area contributed by atoms with Crippen molar-refractivity contribution in [3.8, 4) is 0 Å². The Morgan fingerprint density at radius 3 is 2.48 bits per heavy atom. The molecule has 0 radical (unpaired) electrons. The van der Waals surface area contributed by atoms with Gasteiger partial charge in [-0.05, 0) is 43.2 Å². The van der Waals surface area contributed by atoms with E-state index >= 15 is 0 Å². The number of carbonyl (C=O) groups excluding carboxylic acids is 1. The minimum atomic E-state index is -4.36. The summed E-state index contributed by atoms with van der Waals surface area (Å²) in [5.41, 5.74) is -1.15. The zero-order valence-corrected chi connectivity index (χ0v) is 14.6. The number of rotatable bonds is 4. The van der Waals surface area contributed by atoms with Crippen LogP contribution in [-0.2, 0) is 11.0 Å². The van der Waals surface area contributed by atoms with E-state index in [0.29, 0.717) is 44.1 Å². The van der Waals surface area contributed by atoms with Gasteiger partial charge in [0.15, 0.2) is 0 Å². The van der Waals surface area contributed by atoms with Crippen molar-refractivity contribution in [2.75, 3.05) is 24.7 Å². The third-order valence-electron chi connectivity index (χ3n) is 4.73. The number of piperidine rings is 1. The van der Waals surface area contributed by atoms with Gasteiger partial charge in [-0.15, -0.1) is 0 Å². The second-order valence-electron chi connectivity index (χ2n) is 6.73. The van der Waals surface area contributed by atoms with Gasteiger partial charge < -0.3 is 20.6 Å². The molecule has 0 saturated carbocycles. The molecule has 1 aromatic carbocycles. The molecule has 27 heavy (non-hydrogen) atoms. The summed E-state index contributed by atoms with van der Waals surface area (Å²) in [7, 11) is 0. The molecule has 1 aromatic rings. The lowest BCUT2D eigenvalue weighted by Gasteiger charge is -2.39. The molecule has 1 amide bonds. The molecule has 146 valence electrons. The summed E-state index contributed by atoms with van der Waals surface area (Å²) in [5, 5.41) is 16.3. The van der Waals surface area contributed by atoms with E-state index in [0.717, 1.165) is 12.1 Å². The van der Waals surface area contributed by atoms with Crippen LogP contribution in [0.4, 0.5) is 18.9 Å². The Hall–Kier alpha value is -2.55. The van der Waals surface area contributed by atoms with Gasteiger partial charge in [-0.25, -0.2) is 0 Å². The third-order valence-corrected chi connectivity index (χ3v) is 4.73. The summed E-state index contributed by atoms with van der Waals surface area (Å²) in [6.07, 6.45) is -0.459. The fraction of sp³-hybridized carbons (Fsp3) is 0.444. The maximum atomic E-state index is 12.7. The zero-order valence-electron chi connectivity index (χ0n) is 14.6. The highest BCUT2D eigenvalue weighted by molar-refractivity contribution is 5.81. The smallest absolute Gasteiger partial charge is 0.389 e. The van der Waals surface area contributed by atoms with Gasteiger partial charge in [0.1, 0.15) is 12.5 Å². The first-order chi connectivity index (χ1) is 12.8. The molecule has 0 spiro atoms. The molecule has 3 rings (SSSR count). The summed E-state index contributed by atoms with van der Waals surface area (Å²) in [4.78, 5) is 18.0. The Morgan fingerprint density at radius 1 is 1.26 bits per heavy atom. The molecule has 0 aliphatic carbocycles. The number of aliphatic hydroxyl groups is 1. The Bertz CT molecular complexity index is 736. The lowest BCUT2D eigenvalue weighted by molar-refractivity contribution is -0.137. The van der Waals surface area contributed by atoms with E-state index in [9.17, 15) is 23.1 Å².